The van der Waals surface area contributed by atoms with Crippen molar-refractivity contribution < 1.29 is 9.47 Å². The first-order chi connectivity index (χ1) is 9.74. The van der Waals surface area contributed by atoms with Crippen molar-refractivity contribution in [3.8, 4) is 5.75 Å². The molecule has 1 fully saturated rings. The molecule has 1 aliphatic heterocycles. The Kier molecular flexibility index (Phi) is 6.33. The summed E-state index contributed by atoms with van der Waals surface area (Å²) >= 11 is 3.66. The van der Waals surface area contributed by atoms with Crippen LogP contribution >= 0.6 is 15.9 Å². The van der Waals surface area contributed by atoms with Crippen LogP contribution in [0.2, 0.25) is 0 Å². The highest BCUT2D eigenvalue weighted by molar-refractivity contribution is 9.10. The number of hydrogen-bond acceptors (Lipinski definition) is 3. The van der Waals surface area contributed by atoms with Crippen LogP contribution in [0.3, 0.4) is 0 Å². The van der Waals surface area contributed by atoms with Crippen molar-refractivity contribution >= 4 is 15.9 Å². The molecule has 0 saturated carbocycles. The van der Waals surface area contributed by atoms with E-state index < -0.39 is 0 Å². The molecule has 0 spiro atoms. The van der Waals surface area contributed by atoms with Gasteiger partial charge in [0.05, 0.1) is 13.2 Å². The molecule has 1 aromatic rings. The molecule has 1 saturated heterocycles. The maximum Gasteiger partial charge on any atom is 0.119 e. The van der Waals surface area contributed by atoms with Crippen LogP contribution in [-0.4, -0.2) is 26.4 Å². The molecule has 2 atom stereocenters. The van der Waals surface area contributed by atoms with Crippen LogP contribution in [0.15, 0.2) is 22.7 Å². The van der Waals surface area contributed by atoms with E-state index in [1.165, 1.54) is 18.4 Å². The predicted molar refractivity (Wildman–Crippen MR) is 85.3 cm³/mol. The van der Waals surface area contributed by atoms with Gasteiger partial charge in [-0.15, -0.1) is 0 Å². The number of hydrogen-bond donors (Lipinski definition) is 1. The van der Waals surface area contributed by atoms with Gasteiger partial charge in [0.15, 0.2) is 0 Å². The summed E-state index contributed by atoms with van der Waals surface area (Å²) in [7, 11) is 1.71. The summed E-state index contributed by atoms with van der Waals surface area (Å²) in [5.74, 6) is 0.906. The second kappa shape index (κ2) is 8.01. The van der Waals surface area contributed by atoms with Crippen molar-refractivity contribution in [3.63, 3.8) is 0 Å². The lowest BCUT2D eigenvalue weighted by Crippen LogP contribution is -2.23. The monoisotopic (exact) mass is 341 g/mol. The van der Waals surface area contributed by atoms with E-state index in [9.17, 15) is 0 Å². The minimum absolute atomic E-state index is 0.341. The third-order valence-corrected chi connectivity index (χ3v) is 4.55. The van der Waals surface area contributed by atoms with Gasteiger partial charge in [-0.25, -0.2) is 0 Å². The number of halogens is 1. The van der Waals surface area contributed by atoms with Gasteiger partial charge in [0.2, 0.25) is 0 Å². The van der Waals surface area contributed by atoms with E-state index in [0.717, 1.165) is 36.2 Å². The minimum Gasteiger partial charge on any atom is -0.497 e. The lowest BCUT2D eigenvalue weighted by molar-refractivity contribution is 0.0996. The molecule has 0 radical (unpaired) electrons. The van der Waals surface area contributed by atoms with Crippen LogP contribution in [0, 0.1) is 0 Å². The van der Waals surface area contributed by atoms with Crippen molar-refractivity contribution in [1.29, 1.82) is 0 Å². The van der Waals surface area contributed by atoms with E-state index in [-0.39, 0.29) is 0 Å². The molecule has 0 aliphatic carbocycles. The molecular formula is C16H24BrNO2. The van der Waals surface area contributed by atoms with Crippen molar-refractivity contribution in [2.75, 3.05) is 20.3 Å². The SMILES string of the molecule is CCNC(CCC1CCCO1)c1cc(OC)ccc1Br. The Morgan fingerprint density at radius 3 is 3.00 bits per heavy atom. The third-order valence-electron chi connectivity index (χ3n) is 3.83. The van der Waals surface area contributed by atoms with Gasteiger partial charge in [-0.1, -0.05) is 22.9 Å². The Hall–Kier alpha value is -0.580. The van der Waals surface area contributed by atoms with Gasteiger partial charge >= 0.3 is 0 Å². The number of rotatable bonds is 7. The van der Waals surface area contributed by atoms with Gasteiger partial charge in [-0.2, -0.15) is 0 Å². The van der Waals surface area contributed by atoms with Gasteiger partial charge in [0.1, 0.15) is 5.75 Å². The minimum atomic E-state index is 0.341. The fourth-order valence-corrected chi connectivity index (χ4v) is 3.28. The zero-order chi connectivity index (χ0) is 14.4. The Balaban J connectivity index is 2.06. The summed E-state index contributed by atoms with van der Waals surface area (Å²) in [5, 5.41) is 3.57. The summed E-state index contributed by atoms with van der Waals surface area (Å²) in [5.41, 5.74) is 1.27. The van der Waals surface area contributed by atoms with Crippen molar-refractivity contribution in [2.24, 2.45) is 0 Å². The number of methoxy groups -OCH3 is 1. The number of benzene rings is 1. The highest BCUT2D eigenvalue weighted by atomic mass is 79.9. The first kappa shape index (κ1) is 15.8. The molecule has 3 nitrogen and oxygen atoms in total. The van der Waals surface area contributed by atoms with Crippen LogP contribution in [0.5, 0.6) is 5.75 Å². The average molecular weight is 342 g/mol. The van der Waals surface area contributed by atoms with E-state index in [0.29, 0.717) is 12.1 Å². The number of ether oxygens (including phenoxy) is 2. The molecule has 1 aliphatic rings. The maximum atomic E-state index is 5.73. The quantitative estimate of drug-likeness (QED) is 0.810. The normalized spacial score (nSPS) is 20.1. The molecule has 20 heavy (non-hydrogen) atoms. The van der Waals surface area contributed by atoms with Crippen LogP contribution in [0.4, 0.5) is 0 Å². The lowest BCUT2D eigenvalue weighted by Gasteiger charge is -2.22. The first-order valence-electron chi connectivity index (χ1n) is 7.43. The highest BCUT2D eigenvalue weighted by Crippen LogP contribution is 2.31. The third kappa shape index (κ3) is 4.21. The molecule has 1 aromatic carbocycles. The standard InChI is InChI=1S/C16H24BrNO2/c1-3-18-16(9-7-12-5-4-10-20-12)14-11-13(19-2)6-8-15(14)17/h6,8,11-12,16,18H,3-5,7,9-10H2,1-2H3. The Morgan fingerprint density at radius 2 is 2.35 bits per heavy atom. The van der Waals surface area contributed by atoms with Gasteiger partial charge < -0.3 is 14.8 Å². The van der Waals surface area contributed by atoms with Gasteiger partial charge in [0.25, 0.3) is 0 Å². The molecule has 1 N–H and O–H groups in total. The van der Waals surface area contributed by atoms with Crippen LogP contribution < -0.4 is 10.1 Å². The molecule has 112 valence electrons. The second-order valence-electron chi connectivity index (χ2n) is 5.21. The maximum absolute atomic E-state index is 5.73. The van der Waals surface area contributed by atoms with Crippen LogP contribution in [-0.2, 0) is 4.74 Å². The van der Waals surface area contributed by atoms with Gasteiger partial charge in [-0.3, -0.25) is 0 Å². The van der Waals surface area contributed by atoms with E-state index in [1.807, 2.05) is 6.07 Å². The topological polar surface area (TPSA) is 30.5 Å². The Bertz CT molecular complexity index is 419. The zero-order valence-corrected chi connectivity index (χ0v) is 13.9. The van der Waals surface area contributed by atoms with Crippen LogP contribution in [0.1, 0.15) is 44.2 Å². The predicted octanol–water partition coefficient (Wildman–Crippen LogP) is 4.07. The zero-order valence-electron chi connectivity index (χ0n) is 12.3. The fourth-order valence-electron chi connectivity index (χ4n) is 2.75. The largest absolute Gasteiger partial charge is 0.497 e. The molecule has 0 amide bonds. The summed E-state index contributed by atoms with van der Waals surface area (Å²) in [6, 6.07) is 6.50. The van der Waals surface area contributed by atoms with Crippen molar-refractivity contribution in [2.45, 2.75) is 44.8 Å². The molecular weight excluding hydrogens is 318 g/mol. The molecule has 2 unspecified atom stereocenters. The fraction of sp³-hybridized carbons (Fsp3) is 0.625. The van der Waals surface area contributed by atoms with Crippen molar-refractivity contribution in [1.82, 2.24) is 5.32 Å². The first-order valence-corrected chi connectivity index (χ1v) is 8.22. The number of nitrogens with one attached hydrogen (secondary N) is 1. The molecule has 0 bridgehead atoms. The second-order valence-corrected chi connectivity index (χ2v) is 6.06. The molecule has 2 rings (SSSR count). The van der Waals surface area contributed by atoms with E-state index >= 15 is 0 Å². The van der Waals surface area contributed by atoms with Gasteiger partial charge in [-0.05, 0) is 56.0 Å². The van der Waals surface area contributed by atoms with Gasteiger partial charge in [0, 0.05) is 17.1 Å². The van der Waals surface area contributed by atoms with E-state index in [1.54, 1.807) is 7.11 Å². The lowest BCUT2D eigenvalue weighted by atomic mass is 9.99. The van der Waals surface area contributed by atoms with E-state index in [4.69, 9.17) is 9.47 Å². The molecule has 4 heteroatoms. The van der Waals surface area contributed by atoms with E-state index in [2.05, 4.69) is 40.3 Å². The summed E-state index contributed by atoms with van der Waals surface area (Å²) in [4.78, 5) is 0. The average Bonchev–Trinajstić information content (AvgIpc) is 2.97. The summed E-state index contributed by atoms with van der Waals surface area (Å²) in [6.07, 6.45) is 5.06. The Labute approximate surface area is 130 Å². The molecule has 0 aromatic heterocycles. The summed E-state index contributed by atoms with van der Waals surface area (Å²) in [6.45, 7) is 4.03. The van der Waals surface area contributed by atoms with Crippen LogP contribution in [0.25, 0.3) is 0 Å². The Morgan fingerprint density at radius 1 is 1.50 bits per heavy atom. The van der Waals surface area contributed by atoms with Crippen molar-refractivity contribution in [3.05, 3.63) is 28.2 Å². The highest BCUT2D eigenvalue weighted by Gasteiger charge is 2.20. The smallest absolute Gasteiger partial charge is 0.119 e. The molecule has 1 heterocycles. The summed E-state index contributed by atoms with van der Waals surface area (Å²) < 4.78 is 12.2.